The Morgan fingerprint density at radius 3 is 2.65 bits per heavy atom. The van der Waals surface area contributed by atoms with E-state index < -0.39 is 15.9 Å². The van der Waals surface area contributed by atoms with Gasteiger partial charge in [0.1, 0.15) is 0 Å². The molecule has 0 radical (unpaired) electrons. The van der Waals surface area contributed by atoms with Gasteiger partial charge in [-0.2, -0.15) is 0 Å². The van der Waals surface area contributed by atoms with E-state index in [2.05, 4.69) is 10.6 Å². The molecular formula is C13H16N2O4S. The van der Waals surface area contributed by atoms with Crippen molar-refractivity contribution in [2.75, 3.05) is 16.8 Å². The Kier molecular flexibility index (Phi) is 4.08. The van der Waals surface area contributed by atoms with Crippen LogP contribution >= 0.6 is 0 Å². The van der Waals surface area contributed by atoms with Gasteiger partial charge in [0.15, 0.2) is 15.6 Å². The second-order valence-electron chi connectivity index (χ2n) is 4.84. The summed E-state index contributed by atoms with van der Waals surface area (Å²) < 4.78 is 22.6. The molecule has 6 nitrogen and oxygen atoms in total. The average Bonchev–Trinajstić information content (AvgIpc) is 2.68. The summed E-state index contributed by atoms with van der Waals surface area (Å²) in [6.45, 7) is 1.45. The Morgan fingerprint density at radius 2 is 2.05 bits per heavy atom. The lowest BCUT2D eigenvalue weighted by Crippen LogP contribution is -2.38. The van der Waals surface area contributed by atoms with Crippen molar-refractivity contribution in [2.45, 2.75) is 19.4 Å². The van der Waals surface area contributed by atoms with Crippen molar-refractivity contribution < 1.29 is 18.0 Å². The molecule has 1 saturated heterocycles. The molecule has 108 valence electrons. The van der Waals surface area contributed by atoms with Crippen molar-refractivity contribution in [2.24, 2.45) is 0 Å². The zero-order valence-corrected chi connectivity index (χ0v) is 11.9. The van der Waals surface area contributed by atoms with Crippen LogP contribution in [-0.4, -0.2) is 37.8 Å². The molecule has 1 aliphatic rings. The fourth-order valence-electron chi connectivity index (χ4n) is 2.08. The third kappa shape index (κ3) is 3.80. The van der Waals surface area contributed by atoms with Crippen molar-refractivity contribution in [3.05, 3.63) is 29.8 Å². The van der Waals surface area contributed by atoms with Gasteiger partial charge in [-0.15, -0.1) is 0 Å². The number of hydrogen-bond acceptors (Lipinski definition) is 4. The van der Waals surface area contributed by atoms with Crippen molar-refractivity contribution >= 4 is 27.3 Å². The van der Waals surface area contributed by atoms with E-state index in [9.17, 15) is 18.0 Å². The number of sulfone groups is 1. The standard InChI is InChI=1S/C13H16N2O4S/c1-9(16)10-3-2-4-11(7-10)14-13(17)15-12-5-6-20(18,19)8-12/h2-4,7,12H,5-6,8H2,1H3,(H2,14,15,17). The van der Waals surface area contributed by atoms with E-state index in [0.29, 0.717) is 17.7 Å². The molecule has 0 saturated carbocycles. The van der Waals surface area contributed by atoms with Crippen LogP contribution in [0.15, 0.2) is 24.3 Å². The molecule has 1 aliphatic heterocycles. The van der Waals surface area contributed by atoms with Gasteiger partial charge in [0.2, 0.25) is 0 Å². The van der Waals surface area contributed by atoms with Crippen LogP contribution in [0.2, 0.25) is 0 Å². The van der Waals surface area contributed by atoms with E-state index in [1.807, 2.05) is 0 Å². The summed E-state index contributed by atoms with van der Waals surface area (Å²) in [4.78, 5) is 23.0. The van der Waals surface area contributed by atoms with Gasteiger partial charge in [0.25, 0.3) is 0 Å². The number of benzene rings is 1. The second-order valence-corrected chi connectivity index (χ2v) is 7.06. The smallest absolute Gasteiger partial charge is 0.319 e. The van der Waals surface area contributed by atoms with E-state index >= 15 is 0 Å². The van der Waals surface area contributed by atoms with Crippen molar-refractivity contribution in [1.29, 1.82) is 0 Å². The fourth-order valence-corrected chi connectivity index (χ4v) is 3.75. The Bertz CT molecular complexity index is 640. The minimum absolute atomic E-state index is 0.0199. The molecule has 20 heavy (non-hydrogen) atoms. The lowest BCUT2D eigenvalue weighted by molar-refractivity contribution is 0.101. The predicted octanol–water partition coefficient (Wildman–Crippen LogP) is 1.20. The van der Waals surface area contributed by atoms with Crippen LogP contribution in [0.1, 0.15) is 23.7 Å². The van der Waals surface area contributed by atoms with E-state index in [1.54, 1.807) is 24.3 Å². The number of Topliss-reactive ketones (excluding diaryl/α,β-unsaturated/α-hetero) is 1. The SMILES string of the molecule is CC(=O)c1cccc(NC(=O)NC2CCS(=O)(=O)C2)c1. The van der Waals surface area contributed by atoms with Gasteiger partial charge in [0, 0.05) is 17.3 Å². The van der Waals surface area contributed by atoms with E-state index in [0.717, 1.165) is 0 Å². The first-order valence-corrected chi connectivity index (χ1v) is 8.07. The van der Waals surface area contributed by atoms with Crippen LogP contribution in [0.25, 0.3) is 0 Å². The third-order valence-corrected chi connectivity index (χ3v) is 4.86. The van der Waals surface area contributed by atoms with Gasteiger partial charge >= 0.3 is 6.03 Å². The van der Waals surface area contributed by atoms with Crippen molar-refractivity contribution in [3.63, 3.8) is 0 Å². The predicted molar refractivity (Wildman–Crippen MR) is 75.7 cm³/mol. The van der Waals surface area contributed by atoms with Crippen LogP contribution in [-0.2, 0) is 9.84 Å². The van der Waals surface area contributed by atoms with Gasteiger partial charge in [-0.25, -0.2) is 13.2 Å². The summed E-state index contributed by atoms with van der Waals surface area (Å²) in [7, 11) is -3.02. The van der Waals surface area contributed by atoms with Crippen LogP contribution in [0.5, 0.6) is 0 Å². The largest absolute Gasteiger partial charge is 0.334 e. The molecule has 1 fully saturated rings. The number of hydrogen-bond donors (Lipinski definition) is 2. The van der Waals surface area contributed by atoms with Crippen LogP contribution in [0.3, 0.4) is 0 Å². The Balaban J connectivity index is 1.95. The Morgan fingerprint density at radius 1 is 1.30 bits per heavy atom. The van der Waals surface area contributed by atoms with Crippen LogP contribution < -0.4 is 10.6 Å². The molecule has 1 unspecified atom stereocenters. The van der Waals surface area contributed by atoms with Gasteiger partial charge in [-0.05, 0) is 25.5 Å². The molecule has 1 atom stereocenters. The molecule has 0 aliphatic carbocycles. The maximum Gasteiger partial charge on any atom is 0.319 e. The second kappa shape index (κ2) is 5.62. The van der Waals surface area contributed by atoms with E-state index in [4.69, 9.17) is 0 Å². The van der Waals surface area contributed by atoms with Gasteiger partial charge in [-0.3, -0.25) is 4.79 Å². The zero-order valence-electron chi connectivity index (χ0n) is 11.0. The normalized spacial score (nSPS) is 20.4. The highest BCUT2D eigenvalue weighted by molar-refractivity contribution is 7.91. The van der Waals surface area contributed by atoms with E-state index in [1.165, 1.54) is 6.92 Å². The molecular weight excluding hydrogens is 280 g/mol. The first-order valence-electron chi connectivity index (χ1n) is 6.25. The molecule has 1 aromatic rings. The summed E-state index contributed by atoms with van der Waals surface area (Å²) in [5.74, 6) is 0.00187. The molecule has 1 aromatic carbocycles. The number of urea groups is 1. The first kappa shape index (κ1) is 14.5. The summed E-state index contributed by atoms with van der Waals surface area (Å²) in [6, 6.07) is 5.76. The molecule has 0 aromatic heterocycles. The molecule has 7 heteroatoms. The molecule has 2 rings (SSSR count). The maximum atomic E-state index is 11.8. The summed E-state index contributed by atoms with van der Waals surface area (Å²) in [6.07, 6.45) is 0.434. The highest BCUT2D eigenvalue weighted by Crippen LogP contribution is 2.13. The first-order chi connectivity index (χ1) is 9.35. The Labute approximate surface area is 117 Å². The molecule has 2 N–H and O–H groups in total. The topological polar surface area (TPSA) is 92.3 Å². The number of carbonyl (C=O) groups is 2. The Hall–Kier alpha value is -1.89. The van der Waals surface area contributed by atoms with Gasteiger partial charge in [-0.1, -0.05) is 12.1 Å². The summed E-state index contributed by atoms with van der Waals surface area (Å²) >= 11 is 0. The third-order valence-electron chi connectivity index (χ3n) is 3.09. The lowest BCUT2D eigenvalue weighted by atomic mass is 10.1. The number of amides is 2. The number of anilines is 1. The minimum atomic E-state index is -3.02. The maximum absolute atomic E-state index is 11.8. The molecule has 0 bridgehead atoms. The van der Waals surface area contributed by atoms with Crippen LogP contribution in [0.4, 0.5) is 10.5 Å². The monoisotopic (exact) mass is 296 g/mol. The average molecular weight is 296 g/mol. The quantitative estimate of drug-likeness (QED) is 0.820. The fraction of sp³-hybridized carbons (Fsp3) is 0.385. The minimum Gasteiger partial charge on any atom is -0.334 e. The molecule has 0 spiro atoms. The number of ketones is 1. The molecule has 2 amide bonds. The van der Waals surface area contributed by atoms with Gasteiger partial charge < -0.3 is 10.6 Å². The zero-order chi connectivity index (χ0) is 14.8. The van der Waals surface area contributed by atoms with Crippen molar-refractivity contribution in [3.8, 4) is 0 Å². The lowest BCUT2D eigenvalue weighted by Gasteiger charge is -2.12. The number of rotatable bonds is 3. The van der Waals surface area contributed by atoms with Gasteiger partial charge in [0.05, 0.1) is 11.5 Å². The van der Waals surface area contributed by atoms with E-state index in [-0.39, 0.29) is 23.3 Å². The summed E-state index contributed by atoms with van der Waals surface area (Å²) in [5.41, 5.74) is 1.00. The number of nitrogens with one attached hydrogen (secondary N) is 2. The van der Waals surface area contributed by atoms with Crippen LogP contribution in [0, 0.1) is 0 Å². The molecule has 1 heterocycles. The van der Waals surface area contributed by atoms with Crippen molar-refractivity contribution in [1.82, 2.24) is 5.32 Å². The number of carbonyl (C=O) groups excluding carboxylic acids is 2. The highest BCUT2D eigenvalue weighted by Gasteiger charge is 2.28. The highest BCUT2D eigenvalue weighted by atomic mass is 32.2. The summed E-state index contributed by atoms with van der Waals surface area (Å²) in [5, 5.41) is 5.21.